The molecular formula is C21H29ClN4O3. The second kappa shape index (κ2) is 8.13. The highest BCUT2D eigenvalue weighted by Gasteiger charge is 2.35. The van der Waals surface area contributed by atoms with Crippen molar-refractivity contribution in [3.63, 3.8) is 0 Å². The topological polar surface area (TPSA) is 70.8 Å². The third kappa shape index (κ3) is 3.96. The molecule has 4 aliphatic rings. The first-order chi connectivity index (χ1) is 13.6. The molecule has 0 saturated carbocycles. The Bertz CT molecular complexity index is 870. The molecule has 1 amide bonds. The molecule has 0 aliphatic carbocycles. The maximum absolute atomic E-state index is 13.0. The van der Waals surface area contributed by atoms with Gasteiger partial charge in [-0.2, -0.15) is 4.98 Å². The van der Waals surface area contributed by atoms with E-state index in [0.717, 1.165) is 32.7 Å². The average molecular weight is 421 g/mol. The zero-order chi connectivity index (χ0) is 19.3. The van der Waals surface area contributed by atoms with Gasteiger partial charge >= 0.3 is 0 Å². The number of benzene rings is 1. The molecule has 1 aromatic carbocycles. The van der Waals surface area contributed by atoms with Crippen molar-refractivity contribution in [2.45, 2.75) is 44.9 Å². The van der Waals surface area contributed by atoms with Crippen LogP contribution >= 0.6 is 12.4 Å². The third-order valence-corrected chi connectivity index (χ3v) is 6.32. The van der Waals surface area contributed by atoms with Gasteiger partial charge in [0.15, 0.2) is 5.58 Å². The van der Waals surface area contributed by atoms with Gasteiger partial charge in [-0.3, -0.25) is 4.79 Å². The molecule has 1 unspecified atom stereocenters. The van der Waals surface area contributed by atoms with Gasteiger partial charge in [0, 0.05) is 25.7 Å². The number of halogens is 1. The highest BCUT2D eigenvalue weighted by Crippen LogP contribution is 2.29. The van der Waals surface area contributed by atoms with Crippen LogP contribution in [0.1, 0.15) is 37.0 Å². The van der Waals surface area contributed by atoms with Crippen molar-refractivity contribution < 1.29 is 13.9 Å². The first-order valence-corrected chi connectivity index (χ1v) is 10.4. The van der Waals surface area contributed by atoms with Crippen molar-refractivity contribution in [2.75, 3.05) is 37.6 Å². The highest BCUT2D eigenvalue weighted by atomic mass is 35.5. The van der Waals surface area contributed by atoms with E-state index in [9.17, 15) is 4.79 Å². The van der Waals surface area contributed by atoms with E-state index in [1.54, 1.807) is 0 Å². The normalized spacial score (nSPS) is 31.5. The Hall–Kier alpha value is -1.83. The minimum Gasteiger partial charge on any atom is -0.423 e. The lowest BCUT2D eigenvalue weighted by Gasteiger charge is -2.44. The first-order valence-electron chi connectivity index (χ1n) is 10.4. The summed E-state index contributed by atoms with van der Waals surface area (Å²) in [6.07, 6.45) is 2.60. The van der Waals surface area contributed by atoms with Crippen LogP contribution < -0.4 is 10.2 Å². The summed E-state index contributed by atoms with van der Waals surface area (Å²) < 4.78 is 11.8. The van der Waals surface area contributed by atoms with E-state index < -0.39 is 0 Å². The molecule has 8 heteroatoms. The summed E-state index contributed by atoms with van der Waals surface area (Å²) >= 11 is 0. The molecule has 0 spiro atoms. The summed E-state index contributed by atoms with van der Waals surface area (Å²) in [5.41, 5.74) is 1.89. The van der Waals surface area contributed by atoms with Crippen LogP contribution in [0.4, 0.5) is 6.01 Å². The van der Waals surface area contributed by atoms with Crippen LogP contribution in [0.5, 0.6) is 0 Å². The number of ether oxygens (including phenoxy) is 1. The van der Waals surface area contributed by atoms with Gasteiger partial charge in [0.05, 0.1) is 17.8 Å². The van der Waals surface area contributed by atoms with Gasteiger partial charge < -0.3 is 24.3 Å². The molecular weight excluding hydrogens is 392 g/mol. The Morgan fingerprint density at radius 1 is 1.14 bits per heavy atom. The van der Waals surface area contributed by atoms with Crippen LogP contribution in [-0.2, 0) is 4.74 Å². The number of hydrogen-bond donors (Lipinski definition) is 1. The van der Waals surface area contributed by atoms with E-state index in [-0.39, 0.29) is 36.6 Å². The molecule has 0 radical (unpaired) electrons. The van der Waals surface area contributed by atoms with Crippen molar-refractivity contribution in [1.29, 1.82) is 0 Å². The molecule has 7 nitrogen and oxygen atoms in total. The van der Waals surface area contributed by atoms with Crippen LogP contribution in [0.2, 0.25) is 0 Å². The van der Waals surface area contributed by atoms with Gasteiger partial charge in [-0.15, -0.1) is 12.4 Å². The summed E-state index contributed by atoms with van der Waals surface area (Å²) in [6.45, 7) is 8.86. The van der Waals surface area contributed by atoms with Gasteiger partial charge in [0.1, 0.15) is 5.52 Å². The van der Waals surface area contributed by atoms with Crippen molar-refractivity contribution in [3.05, 3.63) is 23.8 Å². The van der Waals surface area contributed by atoms with E-state index in [1.807, 2.05) is 18.2 Å². The SMILES string of the molecule is C[C@@H]1CN(c2nc3c(C(=O)NC4CN5CCC4CC5)cccc3o2)C[C@@H](C)O1.Cl. The van der Waals surface area contributed by atoms with Gasteiger partial charge in [-0.05, 0) is 57.8 Å². The number of morpholine rings is 1. The molecule has 4 fully saturated rings. The summed E-state index contributed by atoms with van der Waals surface area (Å²) in [5, 5.41) is 3.27. The number of carbonyl (C=O) groups excluding carboxylic acids is 1. The number of rotatable bonds is 3. The zero-order valence-electron chi connectivity index (χ0n) is 17.0. The van der Waals surface area contributed by atoms with Gasteiger partial charge in [-0.25, -0.2) is 0 Å². The number of nitrogens with zero attached hydrogens (tertiary/aromatic N) is 3. The van der Waals surface area contributed by atoms with Crippen LogP contribution in [0.3, 0.4) is 0 Å². The number of nitrogens with one attached hydrogen (secondary N) is 1. The monoisotopic (exact) mass is 420 g/mol. The van der Waals surface area contributed by atoms with Gasteiger partial charge in [-0.1, -0.05) is 6.07 Å². The molecule has 4 aliphatic heterocycles. The number of carbonyl (C=O) groups is 1. The minimum absolute atomic E-state index is 0. The van der Waals surface area contributed by atoms with Gasteiger partial charge in [0.25, 0.3) is 11.9 Å². The summed E-state index contributed by atoms with van der Waals surface area (Å²) in [6, 6.07) is 6.39. The Balaban J connectivity index is 0.00000205. The Kier molecular flexibility index (Phi) is 5.73. The van der Waals surface area contributed by atoms with E-state index in [1.165, 1.54) is 12.8 Å². The Morgan fingerprint density at radius 2 is 1.86 bits per heavy atom. The predicted octanol–water partition coefficient (Wildman–Crippen LogP) is 2.69. The standard InChI is InChI=1S/C21H28N4O3.ClH/c1-13-10-25(11-14(2)27-13)21-23-19-16(4-3-5-18(19)28-21)20(26)22-17-12-24-8-6-15(17)7-9-24;/h3-5,13-15,17H,6-12H2,1-2H3,(H,22,26);1H/t13-,14-,17?;/m1./s1. The smallest absolute Gasteiger partial charge is 0.298 e. The lowest BCUT2D eigenvalue weighted by Crippen LogP contribution is -2.57. The molecule has 1 N–H and O–H groups in total. The largest absolute Gasteiger partial charge is 0.423 e. The molecule has 4 saturated heterocycles. The fourth-order valence-electron chi connectivity index (χ4n) is 4.96. The second-order valence-corrected chi connectivity index (χ2v) is 8.53. The number of anilines is 1. The first kappa shape index (κ1) is 20.4. The maximum atomic E-state index is 13.0. The van der Waals surface area contributed by atoms with Gasteiger partial charge in [0.2, 0.25) is 0 Å². The molecule has 1 aromatic heterocycles. The second-order valence-electron chi connectivity index (χ2n) is 8.53. The number of hydrogen-bond acceptors (Lipinski definition) is 6. The van der Waals surface area contributed by atoms with Crippen LogP contribution in [-0.4, -0.2) is 66.8 Å². The summed E-state index contributed by atoms with van der Waals surface area (Å²) in [4.78, 5) is 22.3. The molecule has 3 atom stereocenters. The molecule has 158 valence electrons. The fraction of sp³-hybridized carbons (Fsp3) is 0.619. The Morgan fingerprint density at radius 3 is 2.52 bits per heavy atom. The van der Waals surface area contributed by atoms with E-state index >= 15 is 0 Å². The fourth-order valence-corrected chi connectivity index (χ4v) is 4.96. The van der Waals surface area contributed by atoms with Crippen LogP contribution in [0, 0.1) is 5.92 Å². The number of piperidine rings is 3. The molecule has 29 heavy (non-hydrogen) atoms. The van der Waals surface area contributed by atoms with Crippen LogP contribution in [0.15, 0.2) is 22.6 Å². The quantitative estimate of drug-likeness (QED) is 0.823. The zero-order valence-corrected chi connectivity index (χ0v) is 17.8. The minimum atomic E-state index is -0.0482. The average Bonchev–Trinajstić information content (AvgIpc) is 3.12. The summed E-state index contributed by atoms with van der Waals surface area (Å²) in [5.74, 6) is 0.547. The molecule has 2 bridgehead atoms. The summed E-state index contributed by atoms with van der Waals surface area (Å²) in [7, 11) is 0. The van der Waals surface area contributed by atoms with Crippen molar-refractivity contribution in [2.24, 2.45) is 5.92 Å². The molecule has 6 rings (SSSR count). The number of amides is 1. The lowest BCUT2D eigenvalue weighted by atomic mass is 9.84. The van der Waals surface area contributed by atoms with E-state index in [4.69, 9.17) is 14.1 Å². The lowest BCUT2D eigenvalue weighted by molar-refractivity contribution is -0.00662. The number of fused-ring (bicyclic) bond motifs is 4. The van der Waals surface area contributed by atoms with E-state index in [2.05, 4.69) is 29.0 Å². The van der Waals surface area contributed by atoms with Crippen molar-refractivity contribution in [3.8, 4) is 0 Å². The highest BCUT2D eigenvalue weighted by molar-refractivity contribution is 6.04. The maximum Gasteiger partial charge on any atom is 0.298 e. The number of para-hydroxylation sites is 1. The van der Waals surface area contributed by atoms with Crippen LogP contribution in [0.25, 0.3) is 11.1 Å². The molecule has 2 aromatic rings. The number of aromatic nitrogens is 1. The molecule has 5 heterocycles. The number of oxazole rings is 1. The van der Waals surface area contributed by atoms with Crippen molar-refractivity contribution >= 4 is 35.4 Å². The van der Waals surface area contributed by atoms with E-state index in [0.29, 0.717) is 28.6 Å². The Labute approximate surface area is 177 Å². The predicted molar refractivity (Wildman–Crippen MR) is 114 cm³/mol. The third-order valence-electron chi connectivity index (χ3n) is 6.32. The van der Waals surface area contributed by atoms with Crippen molar-refractivity contribution in [1.82, 2.24) is 15.2 Å².